The summed E-state index contributed by atoms with van der Waals surface area (Å²) < 4.78 is 7.02. The zero-order chi connectivity index (χ0) is 14.7. The summed E-state index contributed by atoms with van der Waals surface area (Å²) in [5.74, 6) is 0.494. The fourth-order valence-corrected chi connectivity index (χ4v) is 2.24. The van der Waals surface area contributed by atoms with Gasteiger partial charge in [-0.1, -0.05) is 29.3 Å². The molecule has 0 aliphatic carbocycles. The van der Waals surface area contributed by atoms with Gasteiger partial charge in [0.15, 0.2) is 5.78 Å². The number of halogens is 2. The molecule has 6 heteroatoms. The molecular formula is C14H14Cl2N2O2. The molecule has 2 aromatic rings. The van der Waals surface area contributed by atoms with E-state index in [0.717, 1.165) is 0 Å². The molecule has 0 atom stereocenters. The van der Waals surface area contributed by atoms with E-state index < -0.39 is 0 Å². The Bertz CT molecular complexity index is 638. The van der Waals surface area contributed by atoms with Crippen LogP contribution in [0.3, 0.4) is 0 Å². The largest absolute Gasteiger partial charge is 0.486 e. The fourth-order valence-electron chi connectivity index (χ4n) is 1.83. The second-order valence-corrected chi connectivity index (χ2v) is 5.25. The molecule has 0 saturated carbocycles. The van der Waals surface area contributed by atoms with E-state index in [0.29, 0.717) is 27.2 Å². The molecular weight excluding hydrogens is 299 g/mol. The van der Waals surface area contributed by atoms with Crippen molar-refractivity contribution in [3.05, 3.63) is 45.7 Å². The topological polar surface area (TPSA) is 44.1 Å². The molecule has 0 radical (unpaired) electrons. The molecule has 0 fully saturated rings. The van der Waals surface area contributed by atoms with Crippen molar-refractivity contribution in [3.63, 3.8) is 0 Å². The third-order valence-corrected chi connectivity index (χ3v) is 3.55. The zero-order valence-electron chi connectivity index (χ0n) is 11.2. The Balaban J connectivity index is 1.96. The summed E-state index contributed by atoms with van der Waals surface area (Å²) in [6.45, 7) is 1.78. The van der Waals surface area contributed by atoms with E-state index in [4.69, 9.17) is 27.9 Å². The number of ketones is 1. The van der Waals surface area contributed by atoms with Crippen LogP contribution in [-0.2, 0) is 18.3 Å². The molecule has 0 N–H and O–H groups in total. The van der Waals surface area contributed by atoms with Crippen LogP contribution < -0.4 is 4.74 Å². The Hall–Kier alpha value is -1.52. The Morgan fingerprint density at radius 2 is 2.15 bits per heavy atom. The second-order valence-electron chi connectivity index (χ2n) is 4.43. The first kappa shape index (κ1) is 14.9. The lowest BCUT2D eigenvalue weighted by atomic mass is 10.2. The molecule has 0 aliphatic heterocycles. The molecule has 1 aromatic carbocycles. The second kappa shape index (κ2) is 6.29. The summed E-state index contributed by atoms with van der Waals surface area (Å²) in [6, 6.07) is 6.92. The summed E-state index contributed by atoms with van der Waals surface area (Å²) in [4.78, 5) is 11.9. The van der Waals surface area contributed by atoms with Crippen LogP contribution in [0, 0.1) is 6.92 Å². The Morgan fingerprint density at radius 3 is 2.75 bits per heavy atom. The molecule has 1 aromatic heterocycles. The van der Waals surface area contributed by atoms with Gasteiger partial charge >= 0.3 is 0 Å². The highest BCUT2D eigenvalue weighted by Gasteiger charge is 2.15. The maximum Gasteiger partial charge on any atom is 0.176 e. The first-order chi connectivity index (χ1) is 9.47. The molecule has 0 unspecified atom stereocenters. The van der Waals surface area contributed by atoms with E-state index in [2.05, 4.69) is 5.10 Å². The highest BCUT2D eigenvalue weighted by Crippen LogP contribution is 2.20. The van der Waals surface area contributed by atoms with Gasteiger partial charge in [0.2, 0.25) is 0 Å². The predicted molar refractivity (Wildman–Crippen MR) is 78.6 cm³/mol. The molecule has 106 valence electrons. The first-order valence-corrected chi connectivity index (χ1v) is 6.81. The minimum Gasteiger partial charge on any atom is -0.486 e. The van der Waals surface area contributed by atoms with Crippen LogP contribution in [-0.4, -0.2) is 22.2 Å². The molecule has 0 bridgehead atoms. The molecule has 0 aliphatic rings. The van der Waals surface area contributed by atoms with Gasteiger partial charge in [-0.15, -0.1) is 0 Å². The van der Waals surface area contributed by atoms with Crippen molar-refractivity contribution in [3.8, 4) is 5.75 Å². The fraction of sp³-hybridized carbons (Fsp3) is 0.286. The first-order valence-electron chi connectivity index (χ1n) is 6.05. The SMILES string of the molecule is Cc1nn(C)c(CC(=O)COc2cccc(Cl)c2)c1Cl. The van der Waals surface area contributed by atoms with Gasteiger partial charge in [-0.25, -0.2) is 0 Å². The summed E-state index contributed by atoms with van der Waals surface area (Å²) in [5, 5.41) is 5.27. The number of hydrogen-bond acceptors (Lipinski definition) is 3. The third kappa shape index (κ3) is 3.52. The average Bonchev–Trinajstić information content (AvgIpc) is 2.63. The molecule has 2 rings (SSSR count). The standard InChI is InChI=1S/C14H14Cl2N2O2/c1-9-14(16)13(18(2)17-9)7-11(19)8-20-12-5-3-4-10(15)6-12/h3-6H,7-8H2,1-2H3. The van der Waals surface area contributed by atoms with E-state index >= 15 is 0 Å². The van der Waals surface area contributed by atoms with E-state index in [1.807, 2.05) is 0 Å². The van der Waals surface area contributed by atoms with Crippen molar-refractivity contribution in [2.75, 3.05) is 6.61 Å². The van der Waals surface area contributed by atoms with Gasteiger partial charge in [0.1, 0.15) is 12.4 Å². The number of benzene rings is 1. The van der Waals surface area contributed by atoms with E-state index in [9.17, 15) is 4.79 Å². The Labute approximate surface area is 127 Å². The zero-order valence-corrected chi connectivity index (χ0v) is 12.7. The average molecular weight is 313 g/mol. The van der Waals surface area contributed by atoms with Crippen LogP contribution >= 0.6 is 23.2 Å². The Kier molecular flexibility index (Phi) is 4.68. The van der Waals surface area contributed by atoms with Crippen molar-refractivity contribution >= 4 is 29.0 Å². The number of aromatic nitrogens is 2. The number of ether oxygens (including phenoxy) is 1. The van der Waals surface area contributed by atoms with Crippen molar-refractivity contribution in [2.45, 2.75) is 13.3 Å². The lowest BCUT2D eigenvalue weighted by Gasteiger charge is -2.06. The van der Waals surface area contributed by atoms with Gasteiger partial charge < -0.3 is 4.74 Å². The van der Waals surface area contributed by atoms with Crippen LogP contribution in [0.1, 0.15) is 11.4 Å². The molecule has 1 heterocycles. The number of hydrogen-bond donors (Lipinski definition) is 0. The Morgan fingerprint density at radius 1 is 1.40 bits per heavy atom. The highest BCUT2D eigenvalue weighted by atomic mass is 35.5. The van der Waals surface area contributed by atoms with E-state index in [-0.39, 0.29) is 18.8 Å². The summed E-state index contributed by atoms with van der Waals surface area (Å²) in [6.07, 6.45) is 0.191. The van der Waals surface area contributed by atoms with Crippen molar-refractivity contribution in [1.29, 1.82) is 0 Å². The van der Waals surface area contributed by atoms with Gasteiger partial charge in [0.25, 0.3) is 0 Å². The van der Waals surface area contributed by atoms with Crippen LogP contribution in [0.5, 0.6) is 5.75 Å². The van der Waals surface area contributed by atoms with E-state index in [1.54, 1.807) is 42.9 Å². The summed E-state index contributed by atoms with van der Waals surface area (Å²) in [5.41, 5.74) is 1.41. The number of Topliss-reactive ketones (excluding diaryl/α,β-unsaturated/α-hetero) is 1. The molecule has 0 spiro atoms. The van der Waals surface area contributed by atoms with Gasteiger partial charge in [-0.3, -0.25) is 9.48 Å². The number of carbonyl (C=O) groups excluding carboxylic acids is 1. The lowest BCUT2D eigenvalue weighted by Crippen LogP contribution is -2.16. The van der Waals surface area contributed by atoms with Crippen molar-refractivity contribution < 1.29 is 9.53 Å². The lowest BCUT2D eigenvalue weighted by molar-refractivity contribution is -0.120. The number of aryl methyl sites for hydroxylation is 2. The third-order valence-electron chi connectivity index (χ3n) is 2.82. The summed E-state index contributed by atoms with van der Waals surface area (Å²) >= 11 is 11.9. The quantitative estimate of drug-likeness (QED) is 0.851. The van der Waals surface area contributed by atoms with Crippen LogP contribution in [0.4, 0.5) is 0 Å². The normalized spacial score (nSPS) is 10.6. The van der Waals surface area contributed by atoms with Gasteiger partial charge in [-0.05, 0) is 25.1 Å². The van der Waals surface area contributed by atoms with Crippen LogP contribution in [0.15, 0.2) is 24.3 Å². The molecule has 4 nitrogen and oxygen atoms in total. The van der Waals surface area contributed by atoms with Crippen molar-refractivity contribution in [2.24, 2.45) is 7.05 Å². The van der Waals surface area contributed by atoms with Crippen LogP contribution in [0.2, 0.25) is 10.0 Å². The smallest absolute Gasteiger partial charge is 0.176 e. The maximum absolute atomic E-state index is 11.9. The van der Waals surface area contributed by atoms with Crippen molar-refractivity contribution in [1.82, 2.24) is 9.78 Å². The highest BCUT2D eigenvalue weighted by molar-refractivity contribution is 6.32. The molecule has 20 heavy (non-hydrogen) atoms. The number of nitrogens with zero attached hydrogens (tertiary/aromatic N) is 2. The summed E-state index contributed by atoms with van der Waals surface area (Å²) in [7, 11) is 1.76. The minimum absolute atomic E-state index is 0.0269. The molecule has 0 saturated heterocycles. The van der Waals surface area contributed by atoms with Crippen LogP contribution in [0.25, 0.3) is 0 Å². The van der Waals surface area contributed by atoms with Gasteiger partial charge in [0, 0.05) is 12.1 Å². The maximum atomic E-state index is 11.9. The number of carbonyl (C=O) groups is 1. The van der Waals surface area contributed by atoms with Gasteiger partial charge in [-0.2, -0.15) is 5.10 Å². The monoisotopic (exact) mass is 312 g/mol. The minimum atomic E-state index is -0.0742. The van der Waals surface area contributed by atoms with Gasteiger partial charge in [0.05, 0.1) is 22.8 Å². The predicted octanol–water partition coefficient (Wildman–Crippen LogP) is 3.23. The number of rotatable bonds is 5. The molecule has 0 amide bonds. The van der Waals surface area contributed by atoms with E-state index in [1.165, 1.54) is 0 Å².